The number of piperidine rings is 1. The van der Waals surface area contributed by atoms with Crippen LogP contribution in [-0.2, 0) is 0 Å². The minimum Gasteiger partial charge on any atom is -0.421 e. The van der Waals surface area contributed by atoms with Crippen LogP contribution in [0.3, 0.4) is 0 Å². The lowest BCUT2D eigenvalue weighted by Gasteiger charge is -2.35. The van der Waals surface area contributed by atoms with Crippen LogP contribution in [-0.4, -0.2) is 64.0 Å². The van der Waals surface area contributed by atoms with E-state index in [9.17, 15) is 4.39 Å². The van der Waals surface area contributed by atoms with Gasteiger partial charge in [-0.05, 0) is 45.2 Å². The van der Waals surface area contributed by atoms with Crippen molar-refractivity contribution in [3.05, 3.63) is 36.2 Å². The van der Waals surface area contributed by atoms with Crippen LogP contribution in [0.2, 0.25) is 0 Å². The summed E-state index contributed by atoms with van der Waals surface area (Å²) in [6, 6.07) is 3.12. The Morgan fingerprint density at radius 1 is 1.29 bits per heavy atom. The molecule has 2 aliphatic rings. The predicted molar refractivity (Wildman–Crippen MR) is 133 cm³/mol. The molecule has 35 heavy (non-hydrogen) atoms. The van der Waals surface area contributed by atoms with E-state index in [1.54, 1.807) is 26.4 Å². The highest BCUT2D eigenvalue weighted by Crippen LogP contribution is 2.42. The molecule has 2 saturated heterocycles. The number of aromatic amines is 1. The predicted octanol–water partition coefficient (Wildman–Crippen LogP) is 3.40. The first-order valence-electron chi connectivity index (χ1n) is 11.6. The van der Waals surface area contributed by atoms with Gasteiger partial charge in [-0.1, -0.05) is 0 Å². The summed E-state index contributed by atoms with van der Waals surface area (Å²) < 4.78 is 20.5. The zero-order valence-electron chi connectivity index (χ0n) is 19.6. The summed E-state index contributed by atoms with van der Waals surface area (Å²) in [5.74, 6) is 1.69. The molecule has 5 heterocycles. The van der Waals surface area contributed by atoms with E-state index in [-0.39, 0.29) is 11.8 Å². The number of benzene rings is 1. The molecule has 180 valence electrons. The van der Waals surface area contributed by atoms with Crippen LogP contribution in [0.1, 0.15) is 18.7 Å². The largest absolute Gasteiger partial charge is 0.421 e. The number of H-pyrrole nitrogens is 1. The summed E-state index contributed by atoms with van der Waals surface area (Å²) in [4.78, 5) is 27.8. The van der Waals surface area contributed by atoms with Gasteiger partial charge in [-0.25, -0.2) is 14.4 Å². The highest BCUT2D eigenvalue weighted by atomic mass is 19.1. The number of aromatic nitrogens is 5. The second kappa shape index (κ2) is 8.12. The molecule has 10 nitrogen and oxygen atoms in total. The number of anilines is 2. The van der Waals surface area contributed by atoms with Gasteiger partial charge in [0.05, 0.1) is 35.5 Å². The maximum Gasteiger partial charge on any atom is 0.326 e. The molecule has 0 spiro atoms. The summed E-state index contributed by atoms with van der Waals surface area (Å²) in [6.07, 6.45) is 5.30. The monoisotopic (exact) mass is 475 g/mol. The number of nitrogens with zero attached hydrogens (tertiary/aromatic N) is 6. The molecular weight excluding hydrogens is 449 g/mol. The SMILES string of the molecule is C=NC12CN(c3nc(Oc4cnc(C)nc4)nc4[nH]c5c(NC)cc(F)cc5c34)CC1CCCN2. The van der Waals surface area contributed by atoms with Crippen LogP contribution in [0, 0.1) is 18.7 Å². The Kier molecular flexibility index (Phi) is 5.03. The standard InChI is InChI=1S/C24H26FN9O/c1-13-28-9-16(10-29-13)35-23-32-21-19(17-7-15(25)8-18(26-2)20(17)31-21)22(33-23)34-11-14-5-4-6-30-24(14,12-34)27-3/h7-10,14,26,30H,3-6,11-12H2,1-2H3,(H,31,32,33). The number of fused-ring (bicyclic) bond motifs is 4. The molecule has 2 unspecified atom stereocenters. The molecule has 6 rings (SSSR count). The van der Waals surface area contributed by atoms with Gasteiger partial charge in [0.1, 0.15) is 28.8 Å². The lowest BCUT2D eigenvalue weighted by atomic mass is 9.88. The Morgan fingerprint density at radius 2 is 2.11 bits per heavy atom. The number of halogens is 1. The van der Waals surface area contributed by atoms with Gasteiger partial charge in [-0.2, -0.15) is 9.97 Å². The Balaban J connectivity index is 1.53. The number of hydrogen-bond acceptors (Lipinski definition) is 9. The molecule has 2 aliphatic heterocycles. The molecule has 11 heteroatoms. The van der Waals surface area contributed by atoms with Crippen molar-refractivity contribution < 1.29 is 9.13 Å². The van der Waals surface area contributed by atoms with E-state index < -0.39 is 5.66 Å². The van der Waals surface area contributed by atoms with Crippen molar-refractivity contribution in [1.29, 1.82) is 0 Å². The molecule has 2 fully saturated rings. The number of rotatable bonds is 5. The zero-order valence-corrected chi connectivity index (χ0v) is 19.6. The van der Waals surface area contributed by atoms with Crippen molar-refractivity contribution in [3.8, 4) is 11.8 Å². The first kappa shape index (κ1) is 21.7. The first-order valence-corrected chi connectivity index (χ1v) is 11.6. The molecule has 0 aliphatic carbocycles. The van der Waals surface area contributed by atoms with Crippen LogP contribution in [0.4, 0.5) is 15.9 Å². The average Bonchev–Trinajstić information content (AvgIpc) is 3.43. The third-order valence-electron chi connectivity index (χ3n) is 7.01. The zero-order chi connectivity index (χ0) is 24.2. The first-order chi connectivity index (χ1) is 17.0. The van der Waals surface area contributed by atoms with Gasteiger partial charge in [0.15, 0.2) is 5.75 Å². The Bertz CT molecular complexity index is 1440. The molecule has 3 N–H and O–H groups in total. The summed E-state index contributed by atoms with van der Waals surface area (Å²) >= 11 is 0. The third kappa shape index (κ3) is 3.54. The van der Waals surface area contributed by atoms with Crippen LogP contribution >= 0.6 is 0 Å². The molecule has 0 bridgehead atoms. The van der Waals surface area contributed by atoms with E-state index in [0.29, 0.717) is 46.6 Å². The van der Waals surface area contributed by atoms with E-state index in [1.807, 2.05) is 0 Å². The summed E-state index contributed by atoms with van der Waals surface area (Å²) in [5, 5.41) is 8.07. The lowest BCUT2D eigenvalue weighted by Crippen LogP contribution is -2.53. The van der Waals surface area contributed by atoms with Crippen LogP contribution in [0.15, 0.2) is 29.5 Å². The van der Waals surface area contributed by atoms with Gasteiger partial charge in [0.25, 0.3) is 0 Å². The highest BCUT2D eigenvalue weighted by molar-refractivity contribution is 6.14. The smallest absolute Gasteiger partial charge is 0.326 e. The molecular formula is C24H26FN9O. The van der Waals surface area contributed by atoms with Crippen molar-refractivity contribution in [1.82, 2.24) is 30.2 Å². The maximum atomic E-state index is 14.6. The third-order valence-corrected chi connectivity index (χ3v) is 7.01. The van der Waals surface area contributed by atoms with E-state index in [2.05, 4.69) is 47.2 Å². The minimum absolute atomic E-state index is 0.154. The van der Waals surface area contributed by atoms with Gasteiger partial charge in [-0.3, -0.25) is 10.3 Å². The van der Waals surface area contributed by atoms with Crippen molar-refractivity contribution in [2.75, 3.05) is 36.9 Å². The molecule has 0 amide bonds. The number of aliphatic imine (C=N–C) groups is 1. The number of hydrogen-bond donors (Lipinski definition) is 3. The highest BCUT2D eigenvalue weighted by Gasteiger charge is 2.48. The molecule has 0 radical (unpaired) electrons. The van der Waals surface area contributed by atoms with Crippen molar-refractivity contribution in [2.45, 2.75) is 25.4 Å². The molecule has 0 saturated carbocycles. The number of aryl methyl sites for hydroxylation is 1. The van der Waals surface area contributed by atoms with E-state index >= 15 is 0 Å². The van der Waals surface area contributed by atoms with Gasteiger partial charge >= 0.3 is 6.01 Å². The van der Waals surface area contributed by atoms with Crippen molar-refractivity contribution in [2.24, 2.45) is 10.9 Å². The number of nitrogens with one attached hydrogen (secondary N) is 3. The average molecular weight is 476 g/mol. The van der Waals surface area contributed by atoms with E-state index in [1.165, 1.54) is 12.1 Å². The van der Waals surface area contributed by atoms with Gasteiger partial charge in [-0.15, -0.1) is 0 Å². The van der Waals surface area contributed by atoms with Crippen LogP contribution < -0.4 is 20.3 Å². The van der Waals surface area contributed by atoms with Crippen LogP contribution in [0.5, 0.6) is 11.8 Å². The maximum absolute atomic E-state index is 14.6. The molecule has 4 aromatic rings. The fraction of sp³-hybridized carbons (Fsp3) is 0.375. The lowest BCUT2D eigenvalue weighted by molar-refractivity contribution is 0.222. The van der Waals surface area contributed by atoms with Crippen LogP contribution in [0.25, 0.3) is 21.9 Å². The minimum atomic E-state index is -0.436. The second-order valence-corrected chi connectivity index (χ2v) is 9.10. The topological polar surface area (TPSA) is 116 Å². The second-order valence-electron chi connectivity index (χ2n) is 9.10. The Labute approximate surface area is 201 Å². The van der Waals surface area contributed by atoms with Crippen molar-refractivity contribution >= 4 is 40.2 Å². The molecule has 2 atom stereocenters. The normalized spacial score (nSPS) is 21.9. The van der Waals surface area contributed by atoms with Crippen molar-refractivity contribution in [3.63, 3.8) is 0 Å². The fourth-order valence-electron chi connectivity index (χ4n) is 5.32. The van der Waals surface area contributed by atoms with Gasteiger partial charge < -0.3 is 19.9 Å². The van der Waals surface area contributed by atoms with E-state index in [0.717, 1.165) is 36.8 Å². The number of ether oxygens (including phenoxy) is 1. The summed E-state index contributed by atoms with van der Waals surface area (Å²) in [5.41, 5.74) is 1.51. The fourth-order valence-corrected chi connectivity index (χ4v) is 5.32. The molecule has 1 aromatic carbocycles. The summed E-state index contributed by atoms with van der Waals surface area (Å²) in [6.45, 7) is 7.93. The summed E-state index contributed by atoms with van der Waals surface area (Å²) in [7, 11) is 1.76. The quantitative estimate of drug-likeness (QED) is 0.376. The Hall–Kier alpha value is -3.86. The van der Waals surface area contributed by atoms with Gasteiger partial charge in [0.2, 0.25) is 0 Å². The van der Waals surface area contributed by atoms with E-state index in [4.69, 9.17) is 9.72 Å². The van der Waals surface area contributed by atoms with Gasteiger partial charge in [0, 0.05) is 24.9 Å². The molecule has 3 aromatic heterocycles. The Morgan fingerprint density at radius 3 is 2.86 bits per heavy atom.